The fraction of sp³-hybridized carbons (Fsp3) is 0.0500. The van der Waals surface area contributed by atoms with Gasteiger partial charge in [-0.2, -0.15) is 0 Å². The Morgan fingerprint density at radius 3 is 2.44 bits per heavy atom. The monoisotopic (exact) mass is 349 g/mol. The van der Waals surface area contributed by atoms with E-state index in [4.69, 9.17) is 4.74 Å². The molecule has 3 aromatic carbocycles. The first-order valence-corrected chi connectivity index (χ1v) is 8.57. The number of phenolic OH excluding ortho intramolecular Hbond substituents is 1. The Kier molecular flexibility index (Phi) is 3.86. The molecule has 1 heterocycles. The zero-order chi connectivity index (χ0) is 17.4. The molecule has 0 aliphatic carbocycles. The average Bonchev–Trinajstić information content (AvgIpc) is 2.65. The Bertz CT molecular complexity index is 953. The van der Waals surface area contributed by atoms with Crippen LogP contribution in [-0.2, 0) is 0 Å². The Morgan fingerprint density at radius 1 is 0.960 bits per heavy atom. The molecule has 124 valence electrons. The van der Waals surface area contributed by atoms with Crippen molar-refractivity contribution < 1.29 is 14.6 Å². The highest BCUT2D eigenvalue weighted by atomic mass is 32.2. The first-order valence-electron chi connectivity index (χ1n) is 7.76. The maximum atomic E-state index is 13.2. The van der Waals surface area contributed by atoms with Crippen molar-refractivity contribution in [2.45, 2.75) is 9.79 Å². The van der Waals surface area contributed by atoms with Crippen LogP contribution >= 0.6 is 11.8 Å². The summed E-state index contributed by atoms with van der Waals surface area (Å²) in [5.74, 6) is 0.765. The molecular weight excluding hydrogens is 334 g/mol. The molecule has 4 rings (SSSR count). The molecule has 0 atom stereocenters. The van der Waals surface area contributed by atoms with E-state index in [1.165, 1.54) is 0 Å². The Balaban J connectivity index is 1.84. The fourth-order valence-electron chi connectivity index (χ4n) is 2.83. The van der Waals surface area contributed by atoms with E-state index in [2.05, 4.69) is 0 Å². The van der Waals surface area contributed by atoms with Crippen molar-refractivity contribution >= 4 is 29.0 Å². The van der Waals surface area contributed by atoms with Crippen LogP contribution in [0, 0.1) is 0 Å². The van der Waals surface area contributed by atoms with Crippen LogP contribution in [0.2, 0.25) is 0 Å². The predicted molar refractivity (Wildman–Crippen MR) is 98.1 cm³/mol. The smallest absolute Gasteiger partial charge is 0.262 e. The molecule has 0 aromatic heterocycles. The molecule has 1 amide bonds. The lowest BCUT2D eigenvalue weighted by Crippen LogP contribution is -2.28. The van der Waals surface area contributed by atoms with Gasteiger partial charge in [0.15, 0.2) is 0 Å². The van der Waals surface area contributed by atoms with Crippen molar-refractivity contribution in [3.8, 4) is 11.5 Å². The highest BCUT2D eigenvalue weighted by Crippen LogP contribution is 2.49. The number of amides is 1. The highest BCUT2D eigenvalue weighted by Gasteiger charge is 2.29. The summed E-state index contributed by atoms with van der Waals surface area (Å²) in [5, 5.41) is 9.81. The third-order valence-corrected chi connectivity index (χ3v) is 5.16. The number of hydrogen-bond donors (Lipinski definition) is 1. The van der Waals surface area contributed by atoms with Crippen LogP contribution in [0.3, 0.4) is 0 Å². The van der Waals surface area contributed by atoms with Gasteiger partial charge in [-0.1, -0.05) is 23.9 Å². The van der Waals surface area contributed by atoms with Crippen LogP contribution in [0.5, 0.6) is 11.5 Å². The number of para-hydroxylation sites is 1. The second kappa shape index (κ2) is 6.18. The first-order chi connectivity index (χ1) is 12.2. The summed E-state index contributed by atoms with van der Waals surface area (Å²) in [6, 6.07) is 19.9. The van der Waals surface area contributed by atoms with Crippen LogP contribution in [0.25, 0.3) is 0 Å². The minimum Gasteiger partial charge on any atom is -0.508 e. The molecule has 0 bridgehead atoms. The summed E-state index contributed by atoms with van der Waals surface area (Å²) >= 11 is 1.55. The maximum absolute atomic E-state index is 13.2. The van der Waals surface area contributed by atoms with E-state index in [9.17, 15) is 9.90 Å². The molecule has 0 unspecified atom stereocenters. The Labute approximate surface area is 149 Å². The van der Waals surface area contributed by atoms with Gasteiger partial charge in [-0.3, -0.25) is 9.69 Å². The molecule has 1 N–H and O–H groups in total. The summed E-state index contributed by atoms with van der Waals surface area (Å²) in [6.07, 6.45) is 0. The number of carbonyl (C=O) groups is 1. The van der Waals surface area contributed by atoms with Gasteiger partial charge in [0.2, 0.25) is 0 Å². The number of ether oxygens (including phenoxy) is 1. The van der Waals surface area contributed by atoms with E-state index in [1.54, 1.807) is 66.2 Å². The highest BCUT2D eigenvalue weighted by molar-refractivity contribution is 7.99. The molecule has 0 fully saturated rings. The third-order valence-electron chi connectivity index (χ3n) is 4.05. The van der Waals surface area contributed by atoms with Gasteiger partial charge in [0.25, 0.3) is 5.91 Å². The van der Waals surface area contributed by atoms with Crippen molar-refractivity contribution in [3.63, 3.8) is 0 Å². The number of aromatic hydroxyl groups is 1. The normalized spacial score (nSPS) is 12.3. The zero-order valence-electron chi connectivity index (χ0n) is 13.5. The molecule has 25 heavy (non-hydrogen) atoms. The first kappa shape index (κ1) is 15.6. The van der Waals surface area contributed by atoms with Gasteiger partial charge in [0.05, 0.1) is 18.5 Å². The van der Waals surface area contributed by atoms with Gasteiger partial charge in [-0.25, -0.2) is 0 Å². The lowest BCUT2D eigenvalue weighted by molar-refractivity contribution is 0.0998. The molecule has 0 spiro atoms. The lowest BCUT2D eigenvalue weighted by atomic mass is 10.1. The number of methoxy groups -OCH3 is 1. The van der Waals surface area contributed by atoms with Crippen LogP contribution in [0.15, 0.2) is 76.5 Å². The number of nitrogens with zero attached hydrogens (tertiary/aromatic N) is 1. The van der Waals surface area contributed by atoms with Gasteiger partial charge < -0.3 is 9.84 Å². The summed E-state index contributed by atoms with van der Waals surface area (Å²) in [7, 11) is 1.59. The van der Waals surface area contributed by atoms with Crippen molar-refractivity contribution in [1.82, 2.24) is 0 Å². The second-order valence-corrected chi connectivity index (χ2v) is 6.67. The standard InChI is InChI=1S/C20H15NO3S/c1-24-15-9-6-13(7-10-15)20(23)21-16-4-2-3-5-18(16)25-19-12-14(22)8-11-17(19)21/h2-12,22H,1H3. The molecule has 5 heteroatoms. The zero-order valence-corrected chi connectivity index (χ0v) is 14.3. The molecule has 0 radical (unpaired) electrons. The summed E-state index contributed by atoms with van der Waals surface area (Å²) in [5.41, 5.74) is 2.18. The number of benzene rings is 3. The Morgan fingerprint density at radius 2 is 1.68 bits per heavy atom. The molecule has 4 nitrogen and oxygen atoms in total. The maximum Gasteiger partial charge on any atom is 0.262 e. The summed E-state index contributed by atoms with van der Waals surface area (Å²) in [4.78, 5) is 16.7. The minimum absolute atomic E-state index is 0.123. The van der Waals surface area contributed by atoms with Crippen molar-refractivity contribution in [2.75, 3.05) is 12.0 Å². The SMILES string of the molecule is COc1ccc(C(=O)N2c3ccccc3Sc3cc(O)ccc32)cc1. The van der Waals surface area contributed by atoms with E-state index < -0.39 is 0 Å². The molecular formula is C20H15NO3S. The van der Waals surface area contributed by atoms with E-state index in [1.807, 2.05) is 24.3 Å². The number of fused-ring (bicyclic) bond motifs is 2. The quantitative estimate of drug-likeness (QED) is 0.719. The molecule has 0 saturated heterocycles. The lowest BCUT2D eigenvalue weighted by Gasteiger charge is -2.31. The predicted octanol–water partition coefficient (Wildman–Crippen LogP) is 4.84. The summed E-state index contributed by atoms with van der Waals surface area (Å²) in [6.45, 7) is 0. The average molecular weight is 349 g/mol. The number of carbonyl (C=O) groups excluding carboxylic acids is 1. The van der Waals surface area contributed by atoms with Gasteiger partial charge in [0, 0.05) is 15.4 Å². The largest absolute Gasteiger partial charge is 0.508 e. The Hall–Kier alpha value is -2.92. The molecule has 1 aliphatic rings. The van der Waals surface area contributed by atoms with Crippen LogP contribution in [0.1, 0.15) is 10.4 Å². The van der Waals surface area contributed by atoms with Crippen LogP contribution in [-0.4, -0.2) is 18.1 Å². The summed E-state index contributed by atoms with van der Waals surface area (Å²) < 4.78 is 5.16. The molecule has 3 aromatic rings. The van der Waals surface area contributed by atoms with Gasteiger partial charge in [-0.15, -0.1) is 0 Å². The minimum atomic E-state index is -0.123. The van der Waals surface area contributed by atoms with Crippen molar-refractivity contribution in [2.24, 2.45) is 0 Å². The van der Waals surface area contributed by atoms with E-state index in [0.717, 1.165) is 21.2 Å². The number of rotatable bonds is 2. The molecule has 1 aliphatic heterocycles. The number of anilines is 2. The van der Waals surface area contributed by atoms with Crippen molar-refractivity contribution in [3.05, 3.63) is 72.3 Å². The van der Waals surface area contributed by atoms with E-state index in [0.29, 0.717) is 11.3 Å². The third kappa shape index (κ3) is 2.72. The topological polar surface area (TPSA) is 49.8 Å². The fourth-order valence-corrected chi connectivity index (χ4v) is 3.92. The van der Waals surface area contributed by atoms with Gasteiger partial charge in [0.1, 0.15) is 11.5 Å². The van der Waals surface area contributed by atoms with Crippen LogP contribution in [0.4, 0.5) is 11.4 Å². The number of phenols is 1. The number of hydrogen-bond acceptors (Lipinski definition) is 4. The van der Waals surface area contributed by atoms with Gasteiger partial charge >= 0.3 is 0 Å². The van der Waals surface area contributed by atoms with Crippen LogP contribution < -0.4 is 9.64 Å². The van der Waals surface area contributed by atoms with E-state index >= 15 is 0 Å². The second-order valence-electron chi connectivity index (χ2n) is 5.59. The van der Waals surface area contributed by atoms with Gasteiger partial charge in [-0.05, 0) is 54.6 Å². The molecule has 0 saturated carbocycles. The van der Waals surface area contributed by atoms with E-state index in [-0.39, 0.29) is 11.7 Å². The van der Waals surface area contributed by atoms with Crippen molar-refractivity contribution in [1.29, 1.82) is 0 Å².